The minimum absolute atomic E-state index is 0.116. The van der Waals surface area contributed by atoms with Gasteiger partial charge in [-0.3, -0.25) is 4.79 Å². The Labute approximate surface area is 109 Å². The summed E-state index contributed by atoms with van der Waals surface area (Å²) in [6, 6.07) is 0. The molecule has 18 heavy (non-hydrogen) atoms. The normalized spacial score (nSPS) is 11.5. The van der Waals surface area contributed by atoms with E-state index in [1.165, 1.54) is 0 Å². The number of carbonyl (C=O) groups excluding carboxylic acids is 1. The zero-order valence-corrected chi connectivity index (χ0v) is 12.1. The van der Waals surface area contributed by atoms with Gasteiger partial charge in [-0.25, -0.2) is 4.39 Å². The van der Waals surface area contributed by atoms with Crippen LogP contribution in [0.25, 0.3) is 0 Å². The highest BCUT2D eigenvalue weighted by atomic mass is 19.1. The van der Waals surface area contributed by atoms with Gasteiger partial charge in [-0.05, 0) is 75.8 Å². The quantitative estimate of drug-likeness (QED) is 0.818. The summed E-state index contributed by atoms with van der Waals surface area (Å²) in [5, 5.41) is 2.80. The summed E-state index contributed by atoms with van der Waals surface area (Å²) >= 11 is 0. The summed E-state index contributed by atoms with van der Waals surface area (Å²) in [6.45, 7) is 11.4. The maximum Gasteiger partial charge on any atom is 0.207 e. The Balaban J connectivity index is 3.30. The van der Waals surface area contributed by atoms with E-state index in [0.717, 1.165) is 16.7 Å². The van der Waals surface area contributed by atoms with E-state index in [1.54, 1.807) is 13.8 Å². The monoisotopic (exact) mass is 251 g/mol. The minimum atomic E-state index is -0.325. The highest BCUT2D eigenvalue weighted by Crippen LogP contribution is 2.28. The van der Waals surface area contributed by atoms with Gasteiger partial charge in [-0.2, -0.15) is 0 Å². The van der Waals surface area contributed by atoms with Gasteiger partial charge in [0, 0.05) is 5.54 Å². The predicted octanol–water partition coefficient (Wildman–Crippen LogP) is 3.13. The van der Waals surface area contributed by atoms with E-state index in [9.17, 15) is 9.18 Å². The number of rotatable bonds is 4. The first-order valence-electron chi connectivity index (χ1n) is 6.17. The van der Waals surface area contributed by atoms with Crippen LogP contribution in [-0.4, -0.2) is 11.9 Å². The smallest absolute Gasteiger partial charge is 0.207 e. The van der Waals surface area contributed by atoms with E-state index >= 15 is 0 Å². The maximum atomic E-state index is 13.9. The molecular formula is C15H22FNO. The zero-order chi connectivity index (χ0) is 14.1. The van der Waals surface area contributed by atoms with Crippen LogP contribution in [-0.2, 0) is 11.2 Å². The summed E-state index contributed by atoms with van der Waals surface area (Å²) in [4.78, 5) is 10.6. The van der Waals surface area contributed by atoms with Gasteiger partial charge >= 0.3 is 0 Å². The van der Waals surface area contributed by atoms with Crippen molar-refractivity contribution in [2.75, 3.05) is 0 Å². The van der Waals surface area contributed by atoms with Crippen molar-refractivity contribution in [3.05, 3.63) is 33.6 Å². The third-order valence-electron chi connectivity index (χ3n) is 3.76. The molecule has 0 saturated heterocycles. The van der Waals surface area contributed by atoms with E-state index < -0.39 is 0 Å². The molecule has 0 aliphatic carbocycles. The molecule has 1 aromatic rings. The van der Waals surface area contributed by atoms with E-state index in [0.29, 0.717) is 24.0 Å². The Bertz CT molecular complexity index is 449. The van der Waals surface area contributed by atoms with Crippen LogP contribution in [0.4, 0.5) is 4.39 Å². The van der Waals surface area contributed by atoms with Crippen molar-refractivity contribution in [2.45, 2.75) is 53.5 Å². The molecule has 0 aromatic heterocycles. The molecule has 0 heterocycles. The van der Waals surface area contributed by atoms with E-state index in [-0.39, 0.29) is 11.4 Å². The van der Waals surface area contributed by atoms with Crippen LogP contribution in [0, 0.1) is 33.5 Å². The SMILES string of the molecule is Cc1c(C)c(CC(C)(C)NC=O)c(C)c(C)c1F. The summed E-state index contributed by atoms with van der Waals surface area (Å²) in [5.41, 5.74) is 4.18. The second-order valence-corrected chi connectivity index (χ2v) is 5.62. The summed E-state index contributed by atoms with van der Waals surface area (Å²) in [6.07, 6.45) is 1.42. The van der Waals surface area contributed by atoms with Gasteiger partial charge in [0.2, 0.25) is 6.41 Å². The number of hydrogen-bond donors (Lipinski definition) is 1. The molecule has 0 saturated carbocycles. The lowest BCUT2D eigenvalue weighted by Gasteiger charge is -2.27. The van der Waals surface area contributed by atoms with Crippen molar-refractivity contribution in [2.24, 2.45) is 0 Å². The van der Waals surface area contributed by atoms with Crippen LogP contribution < -0.4 is 5.32 Å². The largest absolute Gasteiger partial charge is 0.353 e. The van der Waals surface area contributed by atoms with Gasteiger partial charge < -0.3 is 5.32 Å². The third-order valence-corrected chi connectivity index (χ3v) is 3.76. The molecule has 0 fully saturated rings. The molecule has 1 aromatic carbocycles. The zero-order valence-electron chi connectivity index (χ0n) is 12.1. The fraction of sp³-hybridized carbons (Fsp3) is 0.533. The number of carbonyl (C=O) groups is 1. The number of nitrogens with one attached hydrogen (secondary N) is 1. The van der Waals surface area contributed by atoms with Crippen molar-refractivity contribution in [3.8, 4) is 0 Å². The molecule has 1 rings (SSSR count). The fourth-order valence-corrected chi connectivity index (χ4v) is 2.26. The van der Waals surface area contributed by atoms with E-state index in [4.69, 9.17) is 0 Å². The lowest BCUT2D eigenvalue weighted by Crippen LogP contribution is -2.40. The van der Waals surface area contributed by atoms with Crippen LogP contribution in [0.5, 0.6) is 0 Å². The van der Waals surface area contributed by atoms with Gasteiger partial charge in [-0.1, -0.05) is 0 Å². The van der Waals surface area contributed by atoms with Crippen LogP contribution >= 0.6 is 0 Å². The molecule has 1 N–H and O–H groups in total. The summed E-state index contributed by atoms with van der Waals surface area (Å²) in [5.74, 6) is -0.116. The fourth-order valence-electron chi connectivity index (χ4n) is 2.26. The Morgan fingerprint density at radius 2 is 1.50 bits per heavy atom. The summed E-state index contributed by atoms with van der Waals surface area (Å²) in [7, 11) is 0. The van der Waals surface area contributed by atoms with Gasteiger partial charge in [0.25, 0.3) is 0 Å². The molecule has 0 atom stereocenters. The van der Waals surface area contributed by atoms with Gasteiger partial charge in [0.1, 0.15) is 5.82 Å². The molecule has 0 aliphatic heterocycles. The first-order chi connectivity index (χ1) is 8.21. The Hall–Kier alpha value is -1.38. The van der Waals surface area contributed by atoms with Crippen LogP contribution in [0.2, 0.25) is 0 Å². The number of amides is 1. The molecule has 100 valence electrons. The first kappa shape index (κ1) is 14.7. The molecule has 1 amide bonds. The van der Waals surface area contributed by atoms with Crippen molar-refractivity contribution in [3.63, 3.8) is 0 Å². The third kappa shape index (κ3) is 2.71. The predicted molar refractivity (Wildman–Crippen MR) is 72.3 cm³/mol. The number of benzene rings is 1. The Kier molecular flexibility index (Phi) is 4.15. The molecular weight excluding hydrogens is 229 g/mol. The summed E-state index contributed by atoms with van der Waals surface area (Å²) < 4.78 is 13.9. The van der Waals surface area contributed by atoms with Gasteiger partial charge in [0.05, 0.1) is 0 Å². The Morgan fingerprint density at radius 1 is 1.06 bits per heavy atom. The maximum absolute atomic E-state index is 13.9. The van der Waals surface area contributed by atoms with Crippen LogP contribution in [0.1, 0.15) is 41.7 Å². The molecule has 0 radical (unpaired) electrons. The second-order valence-electron chi connectivity index (χ2n) is 5.62. The van der Waals surface area contributed by atoms with Crippen molar-refractivity contribution in [1.82, 2.24) is 5.32 Å². The topological polar surface area (TPSA) is 29.1 Å². The molecule has 0 spiro atoms. The molecule has 2 nitrogen and oxygen atoms in total. The Morgan fingerprint density at radius 3 is 1.89 bits per heavy atom. The van der Waals surface area contributed by atoms with Gasteiger partial charge in [-0.15, -0.1) is 0 Å². The highest BCUT2D eigenvalue weighted by Gasteiger charge is 2.22. The standard InChI is InChI=1S/C15H22FNO/c1-9-11(3)14(16)12(4)10(2)13(9)7-15(5,6)17-8-18/h8H,7H2,1-6H3,(H,17,18). The average molecular weight is 251 g/mol. The average Bonchev–Trinajstić information content (AvgIpc) is 2.30. The molecule has 0 bridgehead atoms. The van der Waals surface area contributed by atoms with Crippen molar-refractivity contribution < 1.29 is 9.18 Å². The van der Waals surface area contributed by atoms with E-state index in [1.807, 2.05) is 27.7 Å². The minimum Gasteiger partial charge on any atom is -0.353 e. The number of hydrogen-bond acceptors (Lipinski definition) is 1. The van der Waals surface area contributed by atoms with E-state index in [2.05, 4.69) is 5.32 Å². The highest BCUT2D eigenvalue weighted by molar-refractivity contribution is 5.50. The number of halogens is 1. The van der Waals surface area contributed by atoms with Gasteiger partial charge in [0.15, 0.2) is 0 Å². The van der Waals surface area contributed by atoms with Crippen molar-refractivity contribution in [1.29, 1.82) is 0 Å². The molecule has 0 unspecified atom stereocenters. The van der Waals surface area contributed by atoms with Crippen LogP contribution in [0.3, 0.4) is 0 Å². The van der Waals surface area contributed by atoms with Crippen molar-refractivity contribution >= 4 is 6.41 Å². The lowest BCUT2D eigenvalue weighted by molar-refractivity contribution is -0.110. The van der Waals surface area contributed by atoms with Crippen LogP contribution in [0.15, 0.2) is 0 Å². The second kappa shape index (κ2) is 5.09. The molecule has 0 aliphatic rings. The molecule has 3 heteroatoms. The lowest BCUT2D eigenvalue weighted by atomic mass is 9.85. The first-order valence-corrected chi connectivity index (χ1v) is 6.17.